The van der Waals surface area contributed by atoms with Crippen molar-refractivity contribution in [3.63, 3.8) is 0 Å². The van der Waals surface area contributed by atoms with Crippen molar-refractivity contribution < 1.29 is 9.53 Å². The molecule has 1 aliphatic rings. The molecule has 0 spiro atoms. The van der Waals surface area contributed by atoms with Crippen LogP contribution in [-0.4, -0.2) is 48.1 Å². The van der Waals surface area contributed by atoms with Gasteiger partial charge < -0.3 is 10.1 Å². The molecule has 5 nitrogen and oxygen atoms in total. The van der Waals surface area contributed by atoms with Gasteiger partial charge in [0.25, 0.3) is 0 Å². The highest BCUT2D eigenvalue weighted by Crippen LogP contribution is 2.45. The summed E-state index contributed by atoms with van der Waals surface area (Å²) in [6.07, 6.45) is 4.79. The number of carbonyl (C=O) groups is 1. The smallest absolute Gasteiger partial charge is 0.234 e. The Morgan fingerprint density at radius 1 is 1.55 bits per heavy atom. The van der Waals surface area contributed by atoms with Crippen LogP contribution in [0.15, 0.2) is 24.5 Å². The van der Waals surface area contributed by atoms with E-state index in [1.807, 2.05) is 26.1 Å². The number of pyridine rings is 1. The van der Waals surface area contributed by atoms with E-state index in [1.165, 1.54) is 0 Å². The van der Waals surface area contributed by atoms with Crippen molar-refractivity contribution in [1.29, 1.82) is 0 Å². The summed E-state index contributed by atoms with van der Waals surface area (Å²) >= 11 is 0. The fraction of sp³-hybridized carbons (Fsp3) is 0.647. The van der Waals surface area contributed by atoms with E-state index in [1.54, 1.807) is 12.4 Å². The zero-order chi connectivity index (χ0) is 16.2. The van der Waals surface area contributed by atoms with Gasteiger partial charge in [0.2, 0.25) is 5.91 Å². The summed E-state index contributed by atoms with van der Waals surface area (Å²) in [6.45, 7) is 8.13. The Kier molecular flexibility index (Phi) is 5.53. The number of rotatable bonds is 7. The molecule has 122 valence electrons. The van der Waals surface area contributed by atoms with Crippen LogP contribution in [0.1, 0.15) is 32.8 Å². The maximum absolute atomic E-state index is 12.1. The molecule has 0 aliphatic heterocycles. The van der Waals surface area contributed by atoms with Crippen molar-refractivity contribution in [2.45, 2.75) is 45.9 Å². The molecule has 0 bridgehead atoms. The first-order valence-corrected chi connectivity index (χ1v) is 7.92. The maximum atomic E-state index is 12.1. The van der Waals surface area contributed by atoms with E-state index in [9.17, 15) is 4.79 Å². The zero-order valence-corrected chi connectivity index (χ0v) is 14.0. The van der Waals surface area contributed by atoms with Crippen LogP contribution >= 0.6 is 0 Å². The lowest BCUT2D eigenvalue weighted by atomic mass is 9.64. The van der Waals surface area contributed by atoms with E-state index in [4.69, 9.17) is 4.74 Å². The van der Waals surface area contributed by atoms with Gasteiger partial charge in [-0.3, -0.25) is 14.7 Å². The van der Waals surface area contributed by atoms with Crippen molar-refractivity contribution in [3.8, 4) is 0 Å². The summed E-state index contributed by atoms with van der Waals surface area (Å²) in [5.74, 6) is 0.0435. The first-order chi connectivity index (χ1) is 10.4. The highest BCUT2D eigenvalue weighted by Gasteiger charge is 2.50. The summed E-state index contributed by atoms with van der Waals surface area (Å²) in [7, 11) is 2.01. The van der Waals surface area contributed by atoms with Crippen LogP contribution in [0, 0.1) is 5.41 Å². The molecule has 1 saturated carbocycles. The summed E-state index contributed by atoms with van der Waals surface area (Å²) in [4.78, 5) is 18.3. The number of nitrogens with zero attached hydrogens (tertiary/aromatic N) is 2. The van der Waals surface area contributed by atoms with Gasteiger partial charge in [-0.1, -0.05) is 19.9 Å². The molecule has 22 heavy (non-hydrogen) atoms. The van der Waals surface area contributed by atoms with Gasteiger partial charge in [-0.25, -0.2) is 0 Å². The number of likely N-dealkylation sites (N-methyl/N-ethyl adjacent to an activating group) is 1. The molecule has 1 aromatic rings. The molecule has 2 rings (SSSR count). The number of nitrogens with one attached hydrogen (secondary N) is 1. The van der Waals surface area contributed by atoms with E-state index in [-0.39, 0.29) is 11.3 Å². The van der Waals surface area contributed by atoms with Crippen molar-refractivity contribution in [3.05, 3.63) is 30.1 Å². The minimum atomic E-state index is 0.0435. The molecule has 1 N–H and O–H groups in total. The first-order valence-electron chi connectivity index (χ1n) is 7.92. The van der Waals surface area contributed by atoms with Crippen LogP contribution in [0.2, 0.25) is 0 Å². The second-order valence-corrected chi connectivity index (χ2v) is 6.57. The number of hydrogen-bond acceptors (Lipinski definition) is 4. The molecule has 0 radical (unpaired) electrons. The van der Waals surface area contributed by atoms with Gasteiger partial charge in [0.15, 0.2) is 0 Å². The Hall–Kier alpha value is -1.46. The molecule has 0 unspecified atom stereocenters. The Balaban J connectivity index is 1.77. The highest BCUT2D eigenvalue weighted by molar-refractivity contribution is 5.78. The molecule has 2 atom stereocenters. The lowest BCUT2D eigenvalue weighted by Gasteiger charge is -2.54. The number of carbonyl (C=O) groups excluding carboxylic acids is 1. The van der Waals surface area contributed by atoms with E-state index < -0.39 is 0 Å². The van der Waals surface area contributed by atoms with Crippen LogP contribution in [-0.2, 0) is 16.1 Å². The van der Waals surface area contributed by atoms with E-state index in [0.29, 0.717) is 25.2 Å². The van der Waals surface area contributed by atoms with E-state index in [2.05, 4.69) is 29.0 Å². The molecule has 0 saturated heterocycles. The third-order valence-corrected chi connectivity index (χ3v) is 4.63. The molecule has 0 aromatic carbocycles. The largest absolute Gasteiger partial charge is 0.378 e. The summed E-state index contributed by atoms with van der Waals surface area (Å²) in [5, 5.41) is 2.94. The Labute approximate surface area is 133 Å². The summed E-state index contributed by atoms with van der Waals surface area (Å²) < 4.78 is 5.75. The second kappa shape index (κ2) is 7.20. The summed E-state index contributed by atoms with van der Waals surface area (Å²) in [5.41, 5.74) is 1.10. The number of hydrogen-bond donors (Lipinski definition) is 1. The average molecular weight is 305 g/mol. The van der Waals surface area contributed by atoms with Crippen LogP contribution in [0.3, 0.4) is 0 Å². The van der Waals surface area contributed by atoms with Crippen molar-refractivity contribution >= 4 is 5.91 Å². The van der Waals surface area contributed by atoms with Gasteiger partial charge in [0.1, 0.15) is 0 Å². The third-order valence-electron chi connectivity index (χ3n) is 4.63. The maximum Gasteiger partial charge on any atom is 0.234 e. The minimum absolute atomic E-state index is 0.0435. The van der Waals surface area contributed by atoms with Crippen LogP contribution in [0.4, 0.5) is 0 Å². The second-order valence-electron chi connectivity index (χ2n) is 6.57. The zero-order valence-electron chi connectivity index (χ0n) is 14.0. The minimum Gasteiger partial charge on any atom is -0.378 e. The molecule has 1 aliphatic carbocycles. The standard InChI is InChI=1S/C17H27N3O2/c1-5-22-15-9-14(17(15,2)3)20(4)12-16(21)19-11-13-7-6-8-18-10-13/h6-8,10,14-15H,5,9,11-12H2,1-4H3,(H,19,21)/t14-,15-/m1/s1. The van der Waals surface area contributed by atoms with Gasteiger partial charge in [-0.2, -0.15) is 0 Å². The first kappa shape index (κ1) is 16.9. The number of amides is 1. The molecular formula is C17H27N3O2. The molecule has 1 amide bonds. The fourth-order valence-corrected chi connectivity index (χ4v) is 3.19. The normalized spacial score (nSPS) is 23.1. The van der Waals surface area contributed by atoms with Gasteiger partial charge in [0.05, 0.1) is 12.6 Å². The molecule has 5 heteroatoms. The predicted octanol–water partition coefficient (Wildman–Crippen LogP) is 1.83. The van der Waals surface area contributed by atoms with Crippen molar-refractivity contribution in [1.82, 2.24) is 15.2 Å². The molecular weight excluding hydrogens is 278 g/mol. The average Bonchev–Trinajstić information content (AvgIpc) is 2.50. The molecule has 1 aromatic heterocycles. The number of aromatic nitrogens is 1. The lowest BCUT2D eigenvalue weighted by molar-refractivity contribution is -0.150. The molecule has 1 heterocycles. The molecule has 1 fully saturated rings. The van der Waals surface area contributed by atoms with Crippen LogP contribution in [0.5, 0.6) is 0 Å². The monoisotopic (exact) mass is 305 g/mol. The quantitative estimate of drug-likeness (QED) is 0.835. The van der Waals surface area contributed by atoms with Gasteiger partial charge in [-0.15, -0.1) is 0 Å². The van der Waals surface area contributed by atoms with Crippen LogP contribution < -0.4 is 5.32 Å². The van der Waals surface area contributed by atoms with E-state index >= 15 is 0 Å². The topological polar surface area (TPSA) is 54.5 Å². The van der Waals surface area contributed by atoms with Crippen molar-refractivity contribution in [2.24, 2.45) is 5.41 Å². The van der Waals surface area contributed by atoms with Gasteiger partial charge in [-0.05, 0) is 32.0 Å². The highest BCUT2D eigenvalue weighted by atomic mass is 16.5. The van der Waals surface area contributed by atoms with Crippen LogP contribution in [0.25, 0.3) is 0 Å². The lowest BCUT2D eigenvalue weighted by Crippen LogP contribution is -2.62. The third kappa shape index (κ3) is 3.84. The Bertz CT molecular complexity index is 490. The Morgan fingerprint density at radius 2 is 2.32 bits per heavy atom. The Morgan fingerprint density at radius 3 is 2.91 bits per heavy atom. The van der Waals surface area contributed by atoms with Crippen molar-refractivity contribution in [2.75, 3.05) is 20.2 Å². The van der Waals surface area contributed by atoms with Gasteiger partial charge in [0, 0.05) is 37.0 Å². The van der Waals surface area contributed by atoms with E-state index in [0.717, 1.165) is 18.6 Å². The fourth-order valence-electron chi connectivity index (χ4n) is 3.19. The summed E-state index contributed by atoms with van der Waals surface area (Å²) in [6, 6.07) is 4.21. The predicted molar refractivity (Wildman–Crippen MR) is 86.3 cm³/mol. The SMILES string of the molecule is CCO[C@@H]1C[C@@H](N(C)CC(=O)NCc2cccnc2)C1(C)C. The number of ether oxygens (including phenoxy) is 1. The van der Waals surface area contributed by atoms with Gasteiger partial charge >= 0.3 is 0 Å².